The van der Waals surface area contributed by atoms with Crippen molar-refractivity contribution in [2.24, 2.45) is 5.84 Å². The van der Waals surface area contributed by atoms with E-state index in [1.54, 1.807) is 0 Å². The minimum Gasteiger partial charge on any atom is -0.494 e. The highest BCUT2D eigenvalue weighted by Crippen LogP contribution is 2.27. The number of rotatable bonds is 7. The SMILES string of the molecule is NNC(=O)CCCCCOc1ccc2c(c1)NC(=O)CC2. The highest BCUT2D eigenvalue weighted by Gasteiger charge is 2.14. The van der Waals surface area contributed by atoms with Crippen LogP contribution in [0.2, 0.25) is 0 Å². The number of amides is 2. The third-order valence-corrected chi connectivity index (χ3v) is 3.45. The molecule has 0 fully saturated rings. The Morgan fingerprint density at radius 1 is 1.29 bits per heavy atom. The highest BCUT2D eigenvalue weighted by molar-refractivity contribution is 5.94. The summed E-state index contributed by atoms with van der Waals surface area (Å²) in [6.45, 7) is 0.594. The number of ether oxygens (including phenoxy) is 1. The molecule has 21 heavy (non-hydrogen) atoms. The molecule has 0 aromatic heterocycles. The van der Waals surface area contributed by atoms with Crippen molar-refractivity contribution in [3.63, 3.8) is 0 Å². The third kappa shape index (κ3) is 4.75. The van der Waals surface area contributed by atoms with Crippen molar-refractivity contribution in [3.8, 4) is 5.75 Å². The molecule has 4 N–H and O–H groups in total. The molecule has 1 aromatic rings. The Bertz CT molecular complexity index is 517. The van der Waals surface area contributed by atoms with Gasteiger partial charge >= 0.3 is 0 Å². The number of nitrogens with one attached hydrogen (secondary N) is 2. The topological polar surface area (TPSA) is 93.4 Å². The lowest BCUT2D eigenvalue weighted by molar-refractivity contribution is -0.121. The lowest BCUT2D eigenvalue weighted by atomic mass is 10.0. The number of unbranched alkanes of at least 4 members (excludes halogenated alkanes) is 2. The van der Waals surface area contributed by atoms with Crippen LogP contribution in [0, 0.1) is 0 Å². The van der Waals surface area contributed by atoms with Gasteiger partial charge in [0.15, 0.2) is 0 Å². The van der Waals surface area contributed by atoms with Gasteiger partial charge in [-0.3, -0.25) is 15.0 Å². The summed E-state index contributed by atoms with van der Waals surface area (Å²) < 4.78 is 5.66. The minimum atomic E-state index is -0.138. The molecule has 1 aliphatic heterocycles. The van der Waals surface area contributed by atoms with E-state index in [0.717, 1.165) is 42.7 Å². The fourth-order valence-electron chi connectivity index (χ4n) is 2.27. The number of hydrogen-bond acceptors (Lipinski definition) is 4. The van der Waals surface area contributed by atoms with Gasteiger partial charge in [-0.15, -0.1) is 0 Å². The van der Waals surface area contributed by atoms with E-state index < -0.39 is 0 Å². The fourth-order valence-corrected chi connectivity index (χ4v) is 2.27. The van der Waals surface area contributed by atoms with Gasteiger partial charge in [-0.25, -0.2) is 5.84 Å². The van der Waals surface area contributed by atoms with E-state index in [0.29, 0.717) is 19.4 Å². The number of carbonyl (C=O) groups excluding carboxylic acids is 2. The maximum absolute atomic E-state index is 11.4. The maximum Gasteiger partial charge on any atom is 0.233 e. The molecule has 1 heterocycles. The molecule has 0 spiro atoms. The smallest absolute Gasteiger partial charge is 0.233 e. The summed E-state index contributed by atoms with van der Waals surface area (Å²) in [7, 11) is 0. The van der Waals surface area contributed by atoms with Crippen molar-refractivity contribution in [2.75, 3.05) is 11.9 Å². The van der Waals surface area contributed by atoms with Crippen LogP contribution >= 0.6 is 0 Å². The van der Waals surface area contributed by atoms with Gasteiger partial charge in [0.2, 0.25) is 11.8 Å². The Labute approximate surface area is 124 Å². The predicted molar refractivity (Wildman–Crippen MR) is 79.7 cm³/mol. The summed E-state index contributed by atoms with van der Waals surface area (Å²) in [5.74, 6) is 5.68. The second kappa shape index (κ2) is 7.64. The third-order valence-electron chi connectivity index (χ3n) is 3.45. The van der Waals surface area contributed by atoms with E-state index in [-0.39, 0.29) is 11.8 Å². The van der Waals surface area contributed by atoms with Crippen LogP contribution in [0.15, 0.2) is 18.2 Å². The largest absolute Gasteiger partial charge is 0.494 e. The van der Waals surface area contributed by atoms with Crippen LogP contribution in [0.4, 0.5) is 5.69 Å². The molecular formula is C15H21N3O3. The Morgan fingerprint density at radius 3 is 2.95 bits per heavy atom. The molecule has 114 valence electrons. The summed E-state index contributed by atoms with van der Waals surface area (Å²) in [6.07, 6.45) is 4.36. The minimum absolute atomic E-state index is 0.0535. The molecule has 0 unspecified atom stereocenters. The molecule has 1 aliphatic rings. The van der Waals surface area contributed by atoms with Gasteiger partial charge in [0, 0.05) is 24.6 Å². The predicted octanol–water partition coefficient (Wildman–Crippen LogP) is 1.50. The fraction of sp³-hybridized carbons (Fsp3) is 0.467. The number of hydrazine groups is 1. The first-order valence-electron chi connectivity index (χ1n) is 7.24. The van der Waals surface area contributed by atoms with E-state index in [1.807, 2.05) is 18.2 Å². The van der Waals surface area contributed by atoms with Crippen molar-refractivity contribution >= 4 is 17.5 Å². The van der Waals surface area contributed by atoms with E-state index in [4.69, 9.17) is 10.6 Å². The summed E-state index contributed by atoms with van der Waals surface area (Å²) >= 11 is 0. The van der Waals surface area contributed by atoms with Crippen molar-refractivity contribution in [1.82, 2.24) is 5.43 Å². The van der Waals surface area contributed by atoms with Crippen molar-refractivity contribution < 1.29 is 14.3 Å². The Balaban J connectivity index is 1.70. The molecule has 0 aliphatic carbocycles. The first kappa shape index (κ1) is 15.3. The zero-order valence-corrected chi connectivity index (χ0v) is 12.0. The summed E-state index contributed by atoms with van der Waals surface area (Å²) in [6, 6.07) is 5.79. The summed E-state index contributed by atoms with van der Waals surface area (Å²) in [5, 5.41) is 2.85. The number of hydrogen-bond donors (Lipinski definition) is 3. The van der Waals surface area contributed by atoms with Gasteiger partial charge in [-0.1, -0.05) is 6.07 Å². The Kier molecular flexibility index (Phi) is 5.57. The molecule has 0 saturated heterocycles. The molecule has 0 atom stereocenters. The Hall–Kier alpha value is -2.08. The normalized spacial score (nSPS) is 13.3. The van der Waals surface area contributed by atoms with Crippen molar-refractivity contribution in [2.45, 2.75) is 38.5 Å². The molecule has 2 amide bonds. The van der Waals surface area contributed by atoms with Crippen LogP contribution in [-0.2, 0) is 16.0 Å². The van der Waals surface area contributed by atoms with E-state index >= 15 is 0 Å². The van der Waals surface area contributed by atoms with Crippen molar-refractivity contribution in [1.29, 1.82) is 0 Å². The lowest BCUT2D eigenvalue weighted by Gasteiger charge is -2.17. The number of aryl methyl sites for hydroxylation is 1. The molecule has 0 radical (unpaired) electrons. The molecule has 2 rings (SSSR count). The van der Waals surface area contributed by atoms with Crippen LogP contribution in [0.25, 0.3) is 0 Å². The number of fused-ring (bicyclic) bond motifs is 1. The quantitative estimate of drug-likeness (QED) is 0.307. The first-order chi connectivity index (χ1) is 10.2. The number of benzene rings is 1. The van der Waals surface area contributed by atoms with Gasteiger partial charge < -0.3 is 10.1 Å². The second-order valence-corrected chi connectivity index (χ2v) is 5.09. The maximum atomic E-state index is 11.4. The van der Waals surface area contributed by atoms with E-state index in [2.05, 4.69) is 10.7 Å². The summed E-state index contributed by atoms with van der Waals surface area (Å²) in [4.78, 5) is 22.3. The van der Waals surface area contributed by atoms with Crippen molar-refractivity contribution in [3.05, 3.63) is 23.8 Å². The van der Waals surface area contributed by atoms with E-state index in [1.165, 1.54) is 0 Å². The molecule has 6 heteroatoms. The van der Waals surface area contributed by atoms with Crippen LogP contribution in [0.1, 0.15) is 37.7 Å². The lowest BCUT2D eigenvalue weighted by Crippen LogP contribution is -2.29. The molecule has 0 bridgehead atoms. The molecule has 6 nitrogen and oxygen atoms in total. The second-order valence-electron chi connectivity index (χ2n) is 5.09. The van der Waals surface area contributed by atoms with Crippen LogP contribution < -0.4 is 21.3 Å². The van der Waals surface area contributed by atoms with Crippen LogP contribution in [0.3, 0.4) is 0 Å². The summed E-state index contributed by atoms with van der Waals surface area (Å²) in [5.41, 5.74) is 4.11. The molecular weight excluding hydrogens is 270 g/mol. The van der Waals surface area contributed by atoms with E-state index in [9.17, 15) is 9.59 Å². The number of carbonyl (C=O) groups is 2. The zero-order valence-electron chi connectivity index (χ0n) is 12.0. The van der Waals surface area contributed by atoms with Gasteiger partial charge in [-0.2, -0.15) is 0 Å². The molecule has 1 aromatic carbocycles. The highest BCUT2D eigenvalue weighted by atomic mass is 16.5. The van der Waals surface area contributed by atoms with Gasteiger partial charge in [0.25, 0.3) is 0 Å². The average molecular weight is 291 g/mol. The van der Waals surface area contributed by atoms with Crippen LogP contribution in [-0.4, -0.2) is 18.4 Å². The monoisotopic (exact) mass is 291 g/mol. The standard InChI is InChI=1S/C15H21N3O3/c16-18-15(20)4-2-1-3-9-21-12-7-5-11-6-8-14(19)17-13(11)10-12/h5,7,10H,1-4,6,8-9,16H2,(H,17,19)(H,18,20). The number of anilines is 1. The average Bonchev–Trinajstić information content (AvgIpc) is 2.49. The van der Waals surface area contributed by atoms with Crippen LogP contribution in [0.5, 0.6) is 5.75 Å². The molecule has 0 saturated carbocycles. The zero-order chi connectivity index (χ0) is 15.1. The van der Waals surface area contributed by atoms with Gasteiger partial charge in [-0.05, 0) is 37.3 Å². The first-order valence-corrected chi connectivity index (χ1v) is 7.24. The number of nitrogens with two attached hydrogens (primary N) is 1. The van der Waals surface area contributed by atoms with Gasteiger partial charge in [0.05, 0.1) is 6.61 Å². The Morgan fingerprint density at radius 2 is 2.14 bits per heavy atom. The van der Waals surface area contributed by atoms with Gasteiger partial charge in [0.1, 0.15) is 5.75 Å².